The average molecular weight is 505 g/mol. The SMILES string of the molecule is COc1ccc(C(NC(=O)c2cc(F)c3cnc(Nc4ccnn4C)nc3c2)c2cncn2C)cc1F. The van der Waals surface area contributed by atoms with Gasteiger partial charge in [-0.2, -0.15) is 5.10 Å². The fraction of sp³-hybridized carbons (Fsp3) is 0.160. The minimum Gasteiger partial charge on any atom is -0.494 e. The highest BCUT2D eigenvalue weighted by Gasteiger charge is 2.23. The summed E-state index contributed by atoms with van der Waals surface area (Å²) < 4.78 is 37.8. The zero-order chi connectivity index (χ0) is 26.1. The van der Waals surface area contributed by atoms with Crippen molar-refractivity contribution in [2.24, 2.45) is 14.1 Å². The number of ether oxygens (including phenoxy) is 1. The summed E-state index contributed by atoms with van der Waals surface area (Å²) in [7, 11) is 4.87. The maximum Gasteiger partial charge on any atom is 0.252 e. The quantitative estimate of drug-likeness (QED) is 0.348. The molecule has 0 spiro atoms. The van der Waals surface area contributed by atoms with Crippen LogP contribution in [0.5, 0.6) is 5.75 Å². The van der Waals surface area contributed by atoms with Gasteiger partial charge in [0.1, 0.15) is 11.6 Å². The second kappa shape index (κ2) is 9.64. The van der Waals surface area contributed by atoms with Gasteiger partial charge in [0.2, 0.25) is 5.95 Å². The van der Waals surface area contributed by atoms with Gasteiger partial charge in [-0.05, 0) is 29.8 Å². The number of hydrogen-bond acceptors (Lipinski definition) is 7. The normalized spacial score (nSPS) is 11.9. The Labute approximate surface area is 210 Å². The third kappa shape index (κ3) is 4.68. The molecule has 0 aliphatic carbocycles. The van der Waals surface area contributed by atoms with Gasteiger partial charge in [-0.3, -0.25) is 9.48 Å². The molecule has 1 unspecified atom stereocenters. The predicted octanol–water partition coefficient (Wildman–Crippen LogP) is 3.65. The third-order valence-corrected chi connectivity index (χ3v) is 5.91. The van der Waals surface area contributed by atoms with Crippen LogP contribution in [0.2, 0.25) is 0 Å². The number of aryl methyl sites for hydroxylation is 2. The second-order valence-corrected chi connectivity index (χ2v) is 8.28. The number of halogens is 2. The Morgan fingerprint density at radius 3 is 2.59 bits per heavy atom. The first kappa shape index (κ1) is 23.9. The van der Waals surface area contributed by atoms with E-state index in [1.807, 2.05) is 0 Å². The Morgan fingerprint density at radius 2 is 1.92 bits per heavy atom. The van der Waals surface area contributed by atoms with E-state index in [1.54, 1.807) is 54.2 Å². The van der Waals surface area contributed by atoms with E-state index in [0.29, 0.717) is 17.1 Å². The van der Waals surface area contributed by atoms with Crippen LogP contribution in [-0.4, -0.2) is 42.3 Å². The van der Waals surface area contributed by atoms with E-state index in [1.165, 1.54) is 31.5 Å². The van der Waals surface area contributed by atoms with E-state index in [4.69, 9.17) is 4.74 Å². The maximum atomic E-state index is 14.9. The first-order valence-corrected chi connectivity index (χ1v) is 11.2. The first-order valence-electron chi connectivity index (χ1n) is 11.2. The highest BCUT2D eigenvalue weighted by Crippen LogP contribution is 2.27. The van der Waals surface area contributed by atoms with Crippen LogP contribution in [0.4, 0.5) is 20.5 Å². The van der Waals surface area contributed by atoms with Crippen LogP contribution >= 0.6 is 0 Å². The maximum absolute atomic E-state index is 14.9. The summed E-state index contributed by atoms with van der Waals surface area (Å²) in [5.41, 5.74) is 1.33. The Morgan fingerprint density at radius 1 is 1.08 bits per heavy atom. The summed E-state index contributed by atoms with van der Waals surface area (Å²) >= 11 is 0. The van der Waals surface area contributed by atoms with Gasteiger partial charge in [0.15, 0.2) is 11.6 Å². The summed E-state index contributed by atoms with van der Waals surface area (Å²) in [6, 6.07) is 7.95. The van der Waals surface area contributed by atoms with Gasteiger partial charge in [0.05, 0.1) is 48.5 Å². The molecular formula is C25H22F2N8O2. The zero-order valence-corrected chi connectivity index (χ0v) is 20.1. The van der Waals surface area contributed by atoms with Crippen molar-refractivity contribution in [1.29, 1.82) is 0 Å². The molecular weight excluding hydrogens is 482 g/mol. The van der Waals surface area contributed by atoms with Crippen molar-refractivity contribution in [2.75, 3.05) is 12.4 Å². The third-order valence-electron chi connectivity index (χ3n) is 5.91. The molecule has 12 heteroatoms. The Balaban J connectivity index is 1.49. The monoisotopic (exact) mass is 504 g/mol. The molecule has 5 rings (SSSR count). The minimum atomic E-state index is -0.772. The fourth-order valence-electron chi connectivity index (χ4n) is 3.94. The van der Waals surface area contributed by atoms with Crippen molar-refractivity contribution in [3.05, 3.63) is 89.8 Å². The number of anilines is 2. The number of hydrogen-bond donors (Lipinski definition) is 2. The number of imidazole rings is 1. The van der Waals surface area contributed by atoms with Crippen molar-refractivity contribution in [1.82, 2.24) is 34.6 Å². The number of carbonyl (C=O) groups excluding carboxylic acids is 1. The van der Waals surface area contributed by atoms with Gasteiger partial charge in [-0.1, -0.05) is 6.07 Å². The number of amides is 1. The first-order chi connectivity index (χ1) is 17.8. The van der Waals surface area contributed by atoms with E-state index < -0.39 is 23.6 Å². The Bertz CT molecular complexity index is 1610. The van der Waals surface area contributed by atoms with Crippen molar-refractivity contribution >= 4 is 28.6 Å². The van der Waals surface area contributed by atoms with Crippen LogP contribution < -0.4 is 15.4 Å². The lowest BCUT2D eigenvalue weighted by molar-refractivity contribution is 0.0941. The summed E-state index contributed by atoms with van der Waals surface area (Å²) in [6.07, 6.45) is 6.09. The zero-order valence-electron chi connectivity index (χ0n) is 20.1. The molecule has 10 nitrogen and oxygen atoms in total. The number of nitrogens with zero attached hydrogens (tertiary/aromatic N) is 6. The Kier molecular flexibility index (Phi) is 6.22. The van der Waals surface area contributed by atoms with Crippen LogP contribution in [-0.2, 0) is 14.1 Å². The van der Waals surface area contributed by atoms with Crippen molar-refractivity contribution in [3.63, 3.8) is 0 Å². The number of aromatic nitrogens is 6. The highest BCUT2D eigenvalue weighted by molar-refractivity contribution is 5.98. The standard InChI is InChI=1S/C25H22F2N8O2/c1-34-13-28-12-20(34)23(14-4-5-21(37-3)18(27)8-14)33-24(36)15-9-17(26)16-11-29-25(31-19(16)10-15)32-22-6-7-30-35(22)2/h4-13,23H,1-3H3,(H,33,36)(H,29,31,32). The number of rotatable bonds is 7. The molecule has 2 aromatic carbocycles. The van der Waals surface area contributed by atoms with Gasteiger partial charge in [-0.15, -0.1) is 0 Å². The molecule has 1 amide bonds. The predicted molar refractivity (Wildman–Crippen MR) is 131 cm³/mol. The molecule has 0 saturated heterocycles. The molecule has 0 aliphatic heterocycles. The van der Waals surface area contributed by atoms with Crippen LogP contribution in [0, 0.1) is 11.6 Å². The smallest absolute Gasteiger partial charge is 0.252 e. The number of nitrogens with one attached hydrogen (secondary N) is 2. The topological polar surface area (TPSA) is 112 Å². The number of fused-ring (bicyclic) bond motifs is 1. The molecule has 3 heterocycles. The fourth-order valence-corrected chi connectivity index (χ4v) is 3.94. The van der Waals surface area contributed by atoms with Crippen molar-refractivity contribution < 1.29 is 18.3 Å². The number of carbonyl (C=O) groups is 1. The molecule has 0 radical (unpaired) electrons. The average Bonchev–Trinajstić information content (AvgIpc) is 3.49. The molecule has 37 heavy (non-hydrogen) atoms. The van der Waals surface area contributed by atoms with Crippen molar-refractivity contribution in [3.8, 4) is 5.75 Å². The molecule has 1 atom stereocenters. The lowest BCUT2D eigenvalue weighted by atomic mass is 10.0. The lowest BCUT2D eigenvalue weighted by Gasteiger charge is -2.20. The van der Waals surface area contributed by atoms with Gasteiger partial charge >= 0.3 is 0 Å². The van der Waals surface area contributed by atoms with E-state index in [2.05, 4.69) is 30.7 Å². The van der Waals surface area contributed by atoms with Crippen LogP contribution in [0.25, 0.3) is 10.9 Å². The van der Waals surface area contributed by atoms with E-state index in [9.17, 15) is 13.6 Å². The molecule has 0 aliphatic rings. The molecule has 188 valence electrons. The second-order valence-electron chi connectivity index (χ2n) is 8.28. The van der Waals surface area contributed by atoms with Crippen molar-refractivity contribution in [2.45, 2.75) is 6.04 Å². The summed E-state index contributed by atoms with van der Waals surface area (Å²) in [6.45, 7) is 0. The van der Waals surface area contributed by atoms with E-state index in [-0.39, 0.29) is 28.2 Å². The summed E-state index contributed by atoms with van der Waals surface area (Å²) in [5.74, 6) is -0.881. The minimum absolute atomic E-state index is 0.0383. The van der Waals surface area contributed by atoms with Gasteiger partial charge in [-0.25, -0.2) is 23.7 Å². The van der Waals surface area contributed by atoms with Gasteiger partial charge in [0.25, 0.3) is 5.91 Å². The van der Waals surface area contributed by atoms with Crippen LogP contribution in [0.1, 0.15) is 27.7 Å². The largest absolute Gasteiger partial charge is 0.494 e. The van der Waals surface area contributed by atoms with E-state index in [0.717, 1.165) is 6.07 Å². The summed E-state index contributed by atoms with van der Waals surface area (Å²) in [4.78, 5) is 26.0. The molecule has 2 N–H and O–H groups in total. The van der Waals surface area contributed by atoms with Gasteiger partial charge in [0, 0.05) is 31.9 Å². The number of methoxy groups -OCH3 is 1. The molecule has 0 saturated carbocycles. The summed E-state index contributed by atoms with van der Waals surface area (Å²) in [5, 5.41) is 10.1. The lowest BCUT2D eigenvalue weighted by Crippen LogP contribution is -2.30. The van der Waals surface area contributed by atoms with Gasteiger partial charge < -0.3 is 19.9 Å². The molecule has 0 bridgehead atoms. The Hall–Kier alpha value is -4.87. The van der Waals surface area contributed by atoms with Crippen LogP contribution in [0.15, 0.2) is 61.3 Å². The van der Waals surface area contributed by atoms with Crippen LogP contribution in [0.3, 0.4) is 0 Å². The number of benzene rings is 2. The molecule has 5 aromatic rings. The highest BCUT2D eigenvalue weighted by atomic mass is 19.1. The molecule has 3 aromatic heterocycles. The van der Waals surface area contributed by atoms with E-state index >= 15 is 0 Å². The molecule has 0 fully saturated rings.